The standard InChI is InChI=1S/C33H46N6O6S/c1-33(2,3)25-18-26(30(44-5)27(19-25)36-46(6,42)43)35-32(41)45-28-17-22-9-7-10-24(29(22)37(28)4)21-38-13-8-14-39(16-15-38)31(40)23-11-12-34-20-23/h7,9-10,17-19,23,34,36H,8,11-16,20-21H2,1-6H3,(H,35,41)/t23-/m1/s1. The van der Waals surface area contributed by atoms with Crippen molar-refractivity contribution >= 4 is 44.3 Å². The van der Waals surface area contributed by atoms with Crippen LogP contribution in [0.2, 0.25) is 0 Å². The summed E-state index contributed by atoms with van der Waals surface area (Å²) in [6.07, 6.45) is 2.15. The van der Waals surface area contributed by atoms with Crippen LogP contribution in [-0.2, 0) is 33.8 Å². The molecule has 250 valence electrons. The molecular formula is C33H46N6O6S. The Labute approximate surface area is 271 Å². The fourth-order valence-corrected chi connectivity index (χ4v) is 6.85. The van der Waals surface area contributed by atoms with Gasteiger partial charge in [0.25, 0.3) is 0 Å². The molecule has 3 heterocycles. The highest BCUT2D eigenvalue weighted by atomic mass is 32.2. The van der Waals surface area contributed by atoms with Gasteiger partial charge in [-0.1, -0.05) is 39.0 Å². The average Bonchev–Trinajstić information content (AvgIpc) is 3.55. The minimum absolute atomic E-state index is 0.0917. The number of benzene rings is 2. The van der Waals surface area contributed by atoms with Crippen LogP contribution in [-0.4, -0.2) is 87.4 Å². The van der Waals surface area contributed by atoms with Crippen LogP contribution in [0.3, 0.4) is 0 Å². The van der Waals surface area contributed by atoms with E-state index in [1.54, 1.807) is 12.1 Å². The number of nitrogens with zero attached hydrogens (tertiary/aromatic N) is 3. The van der Waals surface area contributed by atoms with E-state index in [0.29, 0.717) is 19.0 Å². The van der Waals surface area contributed by atoms with E-state index in [-0.39, 0.29) is 34.4 Å². The van der Waals surface area contributed by atoms with Gasteiger partial charge in [-0.05, 0) is 48.1 Å². The summed E-state index contributed by atoms with van der Waals surface area (Å²) in [4.78, 5) is 30.7. The fraction of sp³-hybridized carbons (Fsp3) is 0.515. The molecule has 13 heteroatoms. The summed E-state index contributed by atoms with van der Waals surface area (Å²) in [6, 6.07) is 11.4. The Morgan fingerprint density at radius 3 is 2.50 bits per heavy atom. The number of para-hydroxylation sites is 1. The van der Waals surface area contributed by atoms with Gasteiger partial charge in [-0.15, -0.1) is 0 Å². The summed E-state index contributed by atoms with van der Waals surface area (Å²) >= 11 is 0. The number of hydrogen-bond donors (Lipinski definition) is 3. The maximum atomic E-state index is 13.3. The number of carbonyl (C=O) groups is 2. The third-order valence-corrected chi connectivity index (χ3v) is 9.28. The monoisotopic (exact) mass is 654 g/mol. The Hall–Kier alpha value is -3.81. The summed E-state index contributed by atoms with van der Waals surface area (Å²) in [5, 5.41) is 7.00. The predicted octanol–water partition coefficient (Wildman–Crippen LogP) is 4.11. The molecule has 0 unspecified atom stereocenters. The van der Waals surface area contributed by atoms with E-state index in [4.69, 9.17) is 9.47 Å². The zero-order valence-corrected chi connectivity index (χ0v) is 28.4. The lowest BCUT2D eigenvalue weighted by molar-refractivity contribution is -0.134. The number of aryl methyl sites for hydroxylation is 1. The molecule has 2 saturated heterocycles. The van der Waals surface area contributed by atoms with Crippen LogP contribution in [0.5, 0.6) is 11.6 Å². The van der Waals surface area contributed by atoms with Crippen LogP contribution < -0.4 is 24.8 Å². The van der Waals surface area contributed by atoms with Crippen molar-refractivity contribution in [1.82, 2.24) is 19.7 Å². The Morgan fingerprint density at radius 2 is 1.83 bits per heavy atom. The van der Waals surface area contributed by atoms with Crippen LogP contribution >= 0.6 is 0 Å². The lowest BCUT2D eigenvalue weighted by atomic mass is 9.86. The normalized spacial score (nSPS) is 18.0. The highest BCUT2D eigenvalue weighted by Gasteiger charge is 2.29. The van der Waals surface area contributed by atoms with Gasteiger partial charge in [-0.25, -0.2) is 13.2 Å². The Bertz CT molecular complexity index is 1710. The Kier molecular flexibility index (Phi) is 9.85. The first-order chi connectivity index (χ1) is 21.7. The summed E-state index contributed by atoms with van der Waals surface area (Å²) in [5.74, 6) is 0.890. The van der Waals surface area contributed by atoms with Crippen LogP contribution in [0, 0.1) is 5.92 Å². The van der Waals surface area contributed by atoms with Gasteiger partial charge in [0.05, 0.1) is 36.2 Å². The van der Waals surface area contributed by atoms with E-state index in [9.17, 15) is 18.0 Å². The molecule has 0 spiro atoms. The Morgan fingerprint density at radius 1 is 1.07 bits per heavy atom. The molecule has 2 aliphatic heterocycles. The van der Waals surface area contributed by atoms with Crippen molar-refractivity contribution in [2.75, 3.05) is 62.7 Å². The van der Waals surface area contributed by atoms with E-state index < -0.39 is 16.1 Å². The molecule has 0 saturated carbocycles. The molecule has 2 aromatic carbocycles. The third kappa shape index (κ3) is 7.76. The van der Waals surface area contributed by atoms with Gasteiger partial charge in [0, 0.05) is 57.8 Å². The number of hydrogen-bond acceptors (Lipinski definition) is 8. The molecule has 3 aromatic rings. The molecule has 2 aliphatic rings. The van der Waals surface area contributed by atoms with E-state index in [0.717, 1.165) is 73.9 Å². The summed E-state index contributed by atoms with van der Waals surface area (Å²) in [6.45, 7) is 11.5. The van der Waals surface area contributed by atoms with Crippen molar-refractivity contribution in [3.05, 3.63) is 47.5 Å². The maximum Gasteiger partial charge on any atom is 0.418 e. The zero-order valence-electron chi connectivity index (χ0n) is 27.6. The molecule has 2 fully saturated rings. The fourth-order valence-electron chi connectivity index (χ4n) is 6.30. The highest BCUT2D eigenvalue weighted by molar-refractivity contribution is 7.92. The van der Waals surface area contributed by atoms with Crippen molar-refractivity contribution in [2.24, 2.45) is 13.0 Å². The van der Waals surface area contributed by atoms with Gasteiger partial charge in [0.15, 0.2) is 5.75 Å². The van der Waals surface area contributed by atoms with Crippen molar-refractivity contribution in [3.63, 3.8) is 0 Å². The quantitative estimate of drug-likeness (QED) is 0.331. The number of amides is 2. The molecule has 1 atom stereocenters. The van der Waals surface area contributed by atoms with Gasteiger partial charge in [0.1, 0.15) is 0 Å². The second-order valence-corrected chi connectivity index (χ2v) is 15.0. The number of aromatic nitrogens is 1. The van der Waals surface area contributed by atoms with E-state index in [2.05, 4.69) is 26.3 Å². The number of fused-ring (bicyclic) bond motifs is 1. The first-order valence-corrected chi connectivity index (χ1v) is 17.6. The Balaban J connectivity index is 1.33. The number of ether oxygens (including phenoxy) is 2. The average molecular weight is 655 g/mol. The first-order valence-electron chi connectivity index (χ1n) is 15.7. The maximum absolute atomic E-state index is 13.3. The van der Waals surface area contributed by atoms with Crippen molar-refractivity contribution in [3.8, 4) is 11.6 Å². The lowest BCUT2D eigenvalue weighted by Gasteiger charge is -2.24. The van der Waals surface area contributed by atoms with E-state index >= 15 is 0 Å². The number of rotatable bonds is 8. The number of carbonyl (C=O) groups excluding carboxylic acids is 2. The van der Waals surface area contributed by atoms with Gasteiger partial charge in [-0.2, -0.15) is 0 Å². The molecule has 0 radical (unpaired) electrons. The number of methoxy groups -OCH3 is 1. The summed E-state index contributed by atoms with van der Waals surface area (Å²) in [5.41, 5.74) is 3.02. The van der Waals surface area contributed by atoms with Gasteiger partial charge in [0.2, 0.25) is 21.8 Å². The van der Waals surface area contributed by atoms with Crippen LogP contribution in [0.4, 0.5) is 16.2 Å². The van der Waals surface area contributed by atoms with Crippen molar-refractivity contribution in [2.45, 2.75) is 45.6 Å². The minimum atomic E-state index is -3.61. The smallest absolute Gasteiger partial charge is 0.418 e. The zero-order chi connectivity index (χ0) is 33.2. The first kappa shape index (κ1) is 33.6. The molecule has 0 aliphatic carbocycles. The minimum Gasteiger partial charge on any atom is -0.492 e. The van der Waals surface area contributed by atoms with Crippen molar-refractivity contribution in [1.29, 1.82) is 0 Å². The second-order valence-electron chi connectivity index (χ2n) is 13.3. The molecule has 12 nitrogen and oxygen atoms in total. The van der Waals surface area contributed by atoms with Crippen LogP contribution in [0.25, 0.3) is 10.9 Å². The molecule has 3 N–H and O–H groups in total. The molecule has 0 bridgehead atoms. The molecule has 46 heavy (non-hydrogen) atoms. The van der Waals surface area contributed by atoms with Crippen LogP contribution in [0.15, 0.2) is 36.4 Å². The molecule has 1 aromatic heterocycles. The van der Waals surface area contributed by atoms with E-state index in [1.807, 2.05) is 55.5 Å². The van der Waals surface area contributed by atoms with Crippen molar-refractivity contribution < 1.29 is 27.5 Å². The van der Waals surface area contributed by atoms with Crippen LogP contribution in [0.1, 0.15) is 44.7 Å². The summed E-state index contributed by atoms with van der Waals surface area (Å²) in [7, 11) is -0.340. The largest absolute Gasteiger partial charge is 0.492 e. The topological polar surface area (TPSA) is 134 Å². The highest BCUT2D eigenvalue weighted by Crippen LogP contribution is 2.39. The number of sulfonamides is 1. The van der Waals surface area contributed by atoms with Gasteiger partial charge in [-0.3, -0.25) is 19.7 Å². The lowest BCUT2D eigenvalue weighted by Crippen LogP contribution is -2.39. The third-order valence-electron chi connectivity index (χ3n) is 8.69. The predicted molar refractivity (Wildman–Crippen MR) is 180 cm³/mol. The van der Waals surface area contributed by atoms with E-state index in [1.165, 1.54) is 7.11 Å². The number of nitrogens with one attached hydrogen (secondary N) is 3. The SMILES string of the molecule is COc1c(NC(=O)Oc2cc3cccc(CN4CCCN(C(=O)[C@@H]5CCNC5)CC4)c3n2C)cc(C(C)(C)C)cc1NS(C)(=O)=O. The molecule has 5 rings (SSSR count). The summed E-state index contributed by atoms with van der Waals surface area (Å²) < 4.78 is 39.9. The van der Waals surface area contributed by atoms with Gasteiger partial charge >= 0.3 is 6.09 Å². The molecular weight excluding hydrogens is 608 g/mol. The number of anilines is 2. The van der Waals surface area contributed by atoms with Gasteiger partial charge < -0.3 is 24.3 Å². The molecule has 2 amide bonds. The second kappa shape index (κ2) is 13.5.